The van der Waals surface area contributed by atoms with E-state index in [4.69, 9.17) is 0 Å². The molecule has 3 aromatic carbocycles. The van der Waals surface area contributed by atoms with Crippen molar-refractivity contribution in [2.75, 3.05) is 11.9 Å². The molecule has 4 aromatic rings. The predicted molar refractivity (Wildman–Crippen MR) is 119 cm³/mol. The summed E-state index contributed by atoms with van der Waals surface area (Å²) in [5.41, 5.74) is 6.26. The summed E-state index contributed by atoms with van der Waals surface area (Å²) >= 11 is 1.83. The second-order valence-electron chi connectivity index (χ2n) is 7.06. The van der Waals surface area contributed by atoms with Gasteiger partial charge in [-0.25, -0.2) is 4.57 Å². The van der Waals surface area contributed by atoms with Gasteiger partial charge in [0.15, 0.2) is 6.20 Å². The number of thioether (sulfide) groups is 1. The summed E-state index contributed by atoms with van der Waals surface area (Å²) in [6.45, 7) is 0. The Labute approximate surface area is 169 Å². The molecule has 0 saturated carbocycles. The normalized spacial score (nSPS) is 14.6. The monoisotopic (exact) mass is 381 g/mol. The maximum Gasteiger partial charge on any atom is 0.213 e. The van der Waals surface area contributed by atoms with Crippen LogP contribution in [-0.2, 0) is 7.05 Å². The highest BCUT2D eigenvalue weighted by Gasteiger charge is 2.22. The molecule has 3 heteroatoms. The van der Waals surface area contributed by atoms with Gasteiger partial charge in [-0.1, -0.05) is 66.4 Å². The minimum absolute atomic E-state index is 1.24. The van der Waals surface area contributed by atoms with Crippen molar-refractivity contribution in [3.05, 3.63) is 95.7 Å². The molecule has 0 unspecified atom stereocenters. The molecule has 0 aliphatic carbocycles. The Morgan fingerprint density at radius 3 is 2.46 bits per heavy atom. The molecular weight excluding hydrogens is 360 g/mol. The topological polar surface area (TPSA) is 7.12 Å². The molecule has 0 bridgehead atoms. The number of aryl methyl sites for hydroxylation is 1. The van der Waals surface area contributed by atoms with Crippen LogP contribution in [0.25, 0.3) is 28.1 Å². The number of hydrogen-bond acceptors (Lipinski definition) is 2. The Hall–Kier alpha value is -3.04. The van der Waals surface area contributed by atoms with Gasteiger partial charge in [-0.05, 0) is 34.9 Å². The Balaban J connectivity index is 1.72. The third kappa shape index (κ3) is 2.79. The number of fused-ring (bicyclic) bond motifs is 2. The van der Waals surface area contributed by atoms with E-state index in [1.54, 1.807) is 0 Å². The van der Waals surface area contributed by atoms with Gasteiger partial charge in [-0.3, -0.25) is 0 Å². The van der Waals surface area contributed by atoms with E-state index in [1.165, 1.54) is 43.2 Å². The molecule has 1 aromatic heterocycles. The smallest absolute Gasteiger partial charge is 0.213 e. The minimum atomic E-state index is 1.24. The SMILES string of the molecule is CN1/C(=C/c2cc[n+](C)c3cccc(-c4ccccc4)c23)Sc2ccccc21. The number of nitrogens with zero attached hydrogens (tertiary/aromatic N) is 2. The van der Waals surface area contributed by atoms with Gasteiger partial charge in [-0.2, -0.15) is 0 Å². The van der Waals surface area contributed by atoms with E-state index in [2.05, 4.69) is 115 Å². The number of aromatic nitrogens is 1. The highest BCUT2D eigenvalue weighted by Crippen LogP contribution is 2.46. The molecule has 1 aliphatic rings. The lowest BCUT2D eigenvalue weighted by molar-refractivity contribution is -0.644. The van der Waals surface area contributed by atoms with E-state index in [1.807, 2.05) is 11.8 Å². The molecule has 0 amide bonds. The van der Waals surface area contributed by atoms with Crippen LogP contribution in [0.15, 0.2) is 95.0 Å². The van der Waals surface area contributed by atoms with Crippen LogP contribution in [0.3, 0.4) is 0 Å². The molecule has 0 saturated heterocycles. The first-order valence-corrected chi connectivity index (χ1v) is 10.2. The maximum atomic E-state index is 2.32. The van der Waals surface area contributed by atoms with Gasteiger partial charge >= 0.3 is 0 Å². The van der Waals surface area contributed by atoms with Gasteiger partial charge in [0.25, 0.3) is 0 Å². The fourth-order valence-corrected chi connectivity index (χ4v) is 4.95. The second-order valence-corrected chi connectivity index (χ2v) is 8.12. The minimum Gasteiger partial charge on any atom is -0.338 e. The van der Waals surface area contributed by atoms with Crippen molar-refractivity contribution in [3.63, 3.8) is 0 Å². The van der Waals surface area contributed by atoms with Crippen LogP contribution >= 0.6 is 11.8 Å². The summed E-state index contributed by atoms with van der Waals surface area (Å²) in [6, 6.07) is 28.0. The number of anilines is 1. The molecule has 0 atom stereocenters. The first-order valence-electron chi connectivity index (χ1n) is 9.41. The number of hydrogen-bond donors (Lipinski definition) is 0. The lowest BCUT2D eigenvalue weighted by atomic mass is 9.97. The number of para-hydroxylation sites is 1. The Morgan fingerprint density at radius 2 is 1.64 bits per heavy atom. The Morgan fingerprint density at radius 1 is 0.857 bits per heavy atom. The summed E-state index contributed by atoms with van der Waals surface area (Å²) in [7, 11) is 4.26. The lowest BCUT2D eigenvalue weighted by Crippen LogP contribution is -2.28. The fraction of sp³-hybridized carbons (Fsp3) is 0.0800. The molecular formula is C25H21N2S+. The molecule has 0 radical (unpaired) electrons. The van der Waals surface area contributed by atoms with E-state index >= 15 is 0 Å². The summed E-state index contributed by atoms with van der Waals surface area (Å²) in [6.07, 6.45) is 4.47. The average Bonchev–Trinajstić information content (AvgIpc) is 3.06. The van der Waals surface area contributed by atoms with Crippen molar-refractivity contribution in [1.29, 1.82) is 0 Å². The van der Waals surface area contributed by atoms with Gasteiger partial charge in [0.2, 0.25) is 5.52 Å². The molecule has 0 fully saturated rings. The van der Waals surface area contributed by atoms with E-state index in [9.17, 15) is 0 Å². The predicted octanol–water partition coefficient (Wildman–Crippen LogP) is 5.87. The number of rotatable bonds is 2. The highest BCUT2D eigenvalue weighted by atomic mass is 32.2. The van der Waals surface area contributed by atoms with Crippen LogP contribution in [0, 0.1) is 0 Å². The van der Waals surface area contributed by atoms with Gasteiger partial charge in [0.1, 0.15) is 7.05 Å². The van der Waals surface area contributed by atoms with Crippen molar-refractivity contribution in [1.82, 2.24) is 0 Å². The van der Waals surface area contributed by atoms with Crippen LogP contribution in [-0.4, -0.2) is 7.05 Å². The third-order valence-electron chi connectivity index (χ3n) is 5.32. The lowest BCUT2D eigenvalue weighted by Gasteiger charge is -2.14. The Bertz CT molecular complexity index is 1210. The van der Waals surface area contributed by atoms with E-state index in [0.717, 1.165) is 0 Å². The molecule has 5 rings (SSSR count). The summed E-state index contributed by atoms with van der Waals surface area (Å²) in [5.74, 6) is 0. The van der Waals surface area contributed by atoms with Crippen molar-refractivity contribution >= 4 is 34.4 Å². The molecule has 0 N–H and O–H groups in total. The van der Waals surface area contributed by atoms with Crippen molar-refractivity contribution < 1.29 is 4.57 Å². The molecule has 2 heterocycles. The Kier molecular flexibility index (Phi) is 4.18. The van der Waals surface area contributed by atoms with Crippen molar-refractivity contribution in [3.8, 4) is 11.1 Å². The summed E-state index contributed by atoms with van der Waals surface area (Å²) < 4.78 is 2.20. The van der Waals surface area contributed by atoms with E-state index in [0.29, 0.717) is 0 Å². The van der Waals surface area contributed by atoms with Crippen LogP contribution in [0.1, 0.15) is 5.56 Å². The van der Waals surface area contributed by atoms with Crippen molar-refractivity contribution in [2.24, 2.45) is 7.05 Å². The number of pyridine rings is 1. The van der Waals surface area contributed by atoms with Gasteiger partial charge in [0.05, 0.1) is 16.1 Å². The quantitative estimate of drug-likeness (QED) is 0.401. The van der Waals surface area contributed by atoms with Crippen LogP contribution < -0.4 is 9.47 Å². The van der Waals surface area contributed by atoms with Gasteiger partial charge < -0.3 is 4.90 Å². The summed E-state index contributed by atoms with van der Waals surface area (Å²) in [5, 5.41) is 2.54. The maximum absolute atomic E-state index is 2.32. The zero-order valence-electron chi connectivity index (χ0n) is 16.0. The standard InChI is InChI=1S/C25H21N2S/c1-26-16-15-19(17-24-27(2)21-12-6-7-14-23(21)28-24)25-20(11-8-13-22(25)26)18-9-4-3-5-10-18/h3-17H,1-2H3/q+1. The second kappa shape index (κ2) is 6.84. The van der Waals surface area contributed by atoms with Crippen LogP contribution in [0.5, 0.6) is 0 Å². The number of benzene rings is 3. The molecule has 1 aliphatic heterocycles. The fourth-order valence-electron chi connectivity index (χ4n) is 3.85. The van der Waals surface area contributed by atoms with Gasteiger partial charge in [0, 0.05) is 24.1 Å². The first kappa shape index (κ1) is 17.1. The zero-order chi connectivity index (χ0) is 19.1. The van der Waals surface area contributed by atoms with Crippen LogP contribution in [0.2, 0.25) is 0 Å². The highest BCUT2D eigenvalue weighted by molar-refractivity contribution is 8.03. The zero-order valence-corrected chi connectivity index (χ0v) is 16.8. The average molecular weight is 382 g/mol. The van der Waals surface area contributed by atoms with Crippen LogP contribution in [0.4, 0.5) is 5.69 Å². The first-order chi connectivity index (χ1) is 13.7. The molecule has 28 heavy (non-hydrogen) atoms. The van der Waals surface area contributed by atoms with Gasteiger partial charge in [-0.15, -0.1) is 0 Å². The molecule has 2 nitrogen and oxygen atoms in total. The third-order valence-corrected chi connectivity index (χ3v) is 6.49. The van der Waals surface area contributed by atoms with E-state index in [-0.39, 0.29) is 0 Å². The molecule has 136 valence electrons. The largest absolute Gasteiger partial charge is 0.338 e. The van der Waals surface area contributed by atoms with E-state index < -0.39 is 0 Å². The van der Waals surface area contributed by atoms with Crippen molar-refractivity contribution in [2.45, 2.75) is 4.90 Å². The molecule has 0 spiro atoms. The summed E-state index contributed by atoms with van der Waals surface area (Å²) in [4.78, 5) is 3.59.